The van der Waals surface area contributed by atoms with Gasteiger partial charge in [0.25, 0.3) is 0 Å². The van der Waals surface area contributed by atoms with Crippen LogP contribution in [0.5, 0.6) is 0 Å². The monoisotopic (exact) mass is 613 g/mol. The summed E-state index contributed by atoms with van der Waals surface area (Å²) in [6.07, 6.45) is 1.37. The number of amides is 1. The molecular weight excluding hydrogens is 574 g/mol. The average Bonchev–Trinajstić information content (AvgIpc) is 2.95. The highest BCUT2D eigenvalue weighted by Gasteiger charge is 2.30. The Balaban J connectivity index is 1.87. The summed E-state index contributed by atoms with van der Waals surface area (Å²) >= 11 is 7.23. The molecule has 1 N–H and O–H groups in total. The highest BCUT2D eigenvalue weighted by molar-refractivity contribution is 8.13. The lowest BCUT2D eigenvalue weighted by molar-refractivity contribution is -0.128. The molecule has 0 radical (unpaired) electrons. The second-order valence-electron chi connectivity index (χ2n) is 10.7. The summed E-state index contributed by atoms with van der Waals surface area (Å²) in [5.74, 6) is -1.99. The van der Waals surface area contributed by atoms with E-state index in [0.717, 1.165) is 28.5 Å². The Morgan fingerprint density at radius 1 is 0.929 bits per heavy atom. The molecule has 2 aromatic carbocycles. The van der Waals surface area contributed by atoms with Crippen molar-refractivity contribution in [2.24, 2.45) is 17.8 Å². The van der Waals surface area contributed by atoms with Gasteiger partial charge >= 0.3 is 0 Å². The highest BCUT2D eigenvalue weighted by atomic mass is 35.5. The summed E-state index contributed by atoms with van der Waals surface area (Å²) in [5.41, 5.74) is 2.68. The van der Waals surface area contributed by atoms with Crippen molar-refractivity contribution in [3.05, 3.63) is 82.9 Å². The molecule has 0 aliphatic carbocycles. The molecular formula is C33H40ClNO6S. The second kappa shape index (κ2) is 18.0. The molecule has 9 heteroatoms. The summed E-state index contributed by atoms with van der Waals surface area (Å²) in [6.45, 7) is 7.16. The molecule has 0 bridgehead atoms. The molecule has 0 unspecified atom stereocenters. The second-order valence-corrected chi connectivity index (χ2v) is 12.2. The van der Waals surface area contributed by atoms with E-state index in [-0.39, 0.29) is 53.6 Å². The van der Waals surface area contributed by atoms with Crippen LogP contribution in [0.3, 0.4) is 0 Å². The van der Waals surface area contributed by atoms with E-state index in [4.69, 9.17) is 21.1 Å². The molecule has 3 rings (SSSR count). The van der Waals surface area contributed by atoms with Crippen molar-refractivity contribution in [1.82, 2.24) is 5.32 Å². The molecule has 1 aliphatic heterocycles. The van der Waals surface area contributed by atoms with E-state index in [1.807, 2.05) is 42.5 Å². The minimum absolute atomic E-state index is 0.0275. The number of thioether (sulfide) groups is 1. The number of hydrogen-bond acceptors (Lipinski definition) is 7. The van der Waals surface area contributed by atoms with Gasteiger partial charge in [0.05, 0.1) is 32.3 Å². The lowest BCUT2D eigenvalue weighted by atomic mass is 9.84. The Bertz CT molecular complexity index is 1220. The molecule has 7 nitrogen and oxygen atoms in total. The first-order valence-corrected chi connectivity index (χ1v) is 15.6. The van der Waals surface area contributed by atoms with Crippen molar-refractivity contribution < 1.29 is 28.7 Å². The standard InChI is InChI=1S/C33H40ClNO6S/c1-23-15-27(17-25-7-4-3-5-8-25)31(37)20-28(18-26-9-6-10-30(34)19-26)33(39)42-22-29(16-24(2)36)32(38)35-11-12-40-13-14-41-21-23/h3-10,19,27-29H,1,11-18,20-22H2,2H3,(H,35,38)/t27-,28+,29-/m0/s1. The van der Waals surface area contributed by atoms with Gasteiger partial charge in [-0.05, 0) is 49.4 Å². The van der Waals surface area contributed by atoms with Crippen LogP contribution in [0.25, 0.3) is 0 Å². The summed E-state index contributed by atoms with van der Waals surface area (Å²) in [6, 6.07) is 17.1. The number of hydrogen-bond donors (Lipinski definition) is 1. The molecule has 3 atom stereocenters. The molecule has 0 spiro atoms. The van der Waals surface area contributed by atoms with Crippen molar-refractivity contribution in [3.8, 4) is 0 Å². The zero-order valence-corrected chi connectivity index (χ0v) is 25.7. The molecule has 1 fully saturated rings. The predicted molar refractivity (Wildman–Crippen MR) is 167 cm³/mol. The third-order valence-corrected chi connectivity index (χ3v) is 8.44. The fraction of sp³-hybridized carbons (Fsp3) is 0.455. The third-order valence-electron chi connectivity index (χ3n) is 7.02. The van der Waals surface area contributed by atoms with E-state index in [9.17, 15) is 19.2 Å². The molecule has 0 aromatic heterocycles. The van der Waals surface area contributed by atoms with Crippen LogP contribution in [0, 0.1) is 17.8 Å². The Morgan fingerprint density at radius 3 is 2.38 bits per heavy atom. The van der Waals surface area contributed by atoms with Crippen molar-refractivity contribution in [2.75, 3.05) is 38.7 Å². The topological polar surface area (TPSA) is 98.8 Å². The van der Waals surface area contributed by atoms with E-state index in [0.29, 0.717) is 50.7 Å². The summed E-state index contributed by atoms with van der Waals surface area (Å²) < 4.78 is 11.3. The molecule has 226 valence electrons. The maximum atomic E-state index is 13.9. The van der Waals surface area contributed by atoms with Gasteiger partial charge in [-0.1, -0.05) is 78.0 Å². The van der Waals surface area contributed by atoms with Gasteiger partial charge in [-0.15, -0.1) is 0 Å². The van der Waals surface area contributed by atoms with Crippen LogP contribution in [-0.2, 0) is 41.5 Å². The molecule has 2 aromatic rings. The zero-order chi connectivity index (χ0) is 30.3. The first kappa shape index (κ1) is 33.7. The number of rotatable bonds is 6. The van der Waals surface area contributed by atoms with E-state index in [1.165, 1.54) is 6.92 Å². The number of carbonyl (C=O) groups excluding carboxylic acids is 4. The quantitative estimate of drug-likeness (QED) is 0.443. The number of ether oxygens (including phenoxy) is 2. The van der Waals surface area contributed by atoms with E-state index in [1.54, 1.807) is 12.1 Å². The molecule has 0 saturated carbocycles. The minimum atomic E-state index is -0.668. The van der Waals surface area contributed by atoms with Crippen LogP contribution in [0.15, 0.2) is 66.7 Å². The van der Waals surface area contributed by atoms with Gasteiger partial charge in [-0.2, -0.15) is 0 Å². The highest BCUT2D eigenvalue weighted by Crippen LogP contribution is 2.28. The predicted octanol–water partition coefficient (Wildman–Crippen LogP) is 5.28. The average molecular weight is 614 g/mol. The fourth-order valence-corrected chi connectivity index (χ4v) is 6.15. The number of halogens is 1. The van der Waals surface area contributed by atoms with Crippen molar-refractivity contribution >= 4 is 46.0 Å². The van der Waals surface area contributed by atoms with E-state index < -0.39 is 11.8 Å². The van der Waals surface area contributed by atoms with Crippen molar-refractivity contribution in [1.29, 1.82) is 0 Å². The fourth-order valence-electron chi connectivity index (χ4n) is 4.90. The van der Waals surface area contributed by atoms with Gasteiger partial charge in [0.2, 0.25) is 5.91 Å². The van der Waals surface area contributed by atoms with Crippen LogP contribution >= 0.6 is 23.4 Å². The number of ketones is 2. The first-order valence-electron chi connectivity index (χ1n) is 14.3. The lowest BCUT2D eigenvalue weighted by Crippen LogP contribution is -2.36. The zero-order valence-electron chi connectivity index (χ0n) is 24.1. The largest absolute Gasteiger partial charge is 0.377 e. The van der Waals surface area contributed by atoms with Gasteiger partial charge in [0, 0.05) is 42.0 Å². The van der Waals surface area contributed by atoms with Crippen LogP contribution in [0.1, 0.15) is 37.3 Å². The van der Waals surface area contributed by atoms with Gasteiger partial charge in [0.15, 0.2) is 5.12 Å². The Morgan fingerprint density at radius 2 is 1.64 bits per heavy atom. The smallest absolute Gasteiger partial charge is 0.224 e. The van der Waals surface area contributed by atoms with Gasteiger partial charge in [-0.25, -0.2) is 0 Å². The van der Waals surface area contributed by atoms with E-state index >= 15 is 0 Å². The summed E-state index contributed by atoms with van der Waals surface area (Å²) in [7, 11) is 0. The van der Waals surface area contributed by atoms with Crippen LogP contribution in [0.2, 0.25) is 5.02 Å². The Labute approximate surface area is 257 Å². The van der Waals surface area contributed by atoms with Gasteiger partial charge < -0.3 is 19.6 Å². The SMILES string of the molecule is C=C1COCCOCCNC(=O)[C@@H](CC(C)=O)CSC(=O)[C@H](Cc2cccc(Cl)c2)CC(=O)[C@H](Cc2ccccc2)C1. The normalized spacial score (nSPS) is 22.5. The van der Waals surface area contributed by atoms with Crippen LogP contribution < -0.4 is 5.32 Å². The third kappa shape index (κ3) is 12.2. The first-order chi connectivity index (χ1) is 20.2. The summed E-state index contributed by atoms with van der Waals surface area (Å²) in [5, 5.41) is 3.17. The minimum Gasteiger partial charge on any atom is -0.377 e. The van der Waals surface area contributed by atoms with Crippen LogP contribution in [-0.4, -0.2) is 61.3 Å². The molecule has 1 amide bonds. The molecule has 1 heterocycles. The number of benzene rings is 2. The molecule has 1 aliphatic rings. The number of carbonyl (C=O) groups is 4. The number of nitrogens with one attached hydrogen (secondary N) is 1. The van der Waals surface area contributed by atoms with Crippen molar-refractivity contribution in [3.63, 3.8) is 0 Å². The van der Waals surface area contributed by atoms with Gasteiger partial charge in [0.1, 0.15) is 11.6 Å². The molecule has 42 heavy (non-hydrogen) atoms. The van der Waals surface area contributed by atoms with E-state index in [2.05, 4.69) is 11.9 Å². The Kier molecular flexibility index (Phi) is 14.5. The summed E-state index contributed by atoms with van der Waals surface area (Å²) in [4.78, 5) is 52.3. The molecule has 1 saturated heterocycles. The Hall–Kier alpha value is -2.78. The maximum absolute atomic E-state index is 13.9. The van der Waals surface area contributed by atoms with Crippen LogP contribution in [0.4, 0.5) is 0 Å². The maximum Gasteiger partial charge on any atom is 0.224 e. The lowest BCUT2D eigenvalue weighted by Gasteiger charge is -2.22. The van der Waals surface area contributed by atoms with Gasteiger partial charge in [-0.3, -0.25) is 14.4 Å². The van der Waals surface area contributed by atoms with Crippen molar-refractivity contribution in [2.45, 2.75) is 39.0 Å². The number of Topliss-reactive ketones (excluding diaryl/α,β-unsaturated/α-hetero) is 2.